The minimum Gasteiger partial charge on any atom is -0.396 e. The fourth-order valence-electron chi connectivity index (χ4n) is 4.44. The summed E-state index contributed by atoms with van der Waals surface area (Å²) >= 11 is 12.2. The van der Waals surface area contributed by atoms with E-state index in [0.717, 1.165) is 55.7 Å². The molecule has 1 saturated heterocycles. The number of amides is 2. The first-order valence-corrected chi connectivity index (χ1v) is 11.9. The van der Waals surface area contributed by atoms with Crippen LogP contribution in [0.1, 0.15) is 47.7 Å². The number of nitrogens with zero attached hydrogens (tertiary/aromatic N) is 2. The van der Waals surface area contributed by atoms with Crippen molar-refractivity contribution in [2.45, 2.75) is 44.7 Å². The van der Waals surface area contributed by atoms with Crippen molar-refractivity contribution in [3.8, 4) is 0 Å². The monoisotopic (exact) mass is 477 g/mol. The molecule has 0 aliphatic carbocycles. The molecular weight excluding hydrogens is 449 g/mol. The van der Waals surface area contributed by atoms with Crippen LogP contribution in [0.5, 0.6) is 0 Å². The molecule has 1 aromatic heterocycles. The molecule has 2 aliphatic heterocycles. The van der Waals surface area contributed by atoms with Crippen LogP contribution in [0.15, 0.2) is 30.5 Å². The molecule has 172 valence electrons. The van der Waals surface area contributed by atoms with Gasteiger partial charge in [-0.05, 0) is 72.9 Å². The van der Waals surface area contributed by atoms with Gasteiger partial charge in [-0.15, -0.1) is 0 Å². The van der Waals surface area contributed by atoms with Crippen molar-refractivity contribution in [3.63, 3.8) is 0 Å². The molecular formula is C24H29Cl2N3O3. The van der Waals surface area contributed by atoms with Crippen LogP contribution in [0.3, 0.4) is 0 Å². The predicted octanol–water partition coefficient (Wildman–Crippen LogP) is 4.55. The van der Waals surface area contributed by atoms with Gasteiger partial charge in [0, 0.05) is 44.8 Å². The Kier molecular flexibility index (Phi) is 7.89. The molecule has 1 unspecified atom stereocenters. The predicted molar refractivity (Wildman–Crippen MR) is 125 cm³/mol. The number of nitrogens with one attached hydrogen (secondary N) is 1. The lowest BCUT2D eigenvalue weighted by atomic mass is 9.93. The van der Waals surface area contributed by atoms with E-state index in [9.17, 15) is 9.90 Å². The first kappa shape index (κ1) is 23.3. The molecule has 6 nitrogen and oxygen atoms in total. The van der Waals surface area contributed by atoms with Crippen molar-refractivity contribution < 1.29 is 14.6 Å². The maximum atomic E-state index is 13.1. The Hall–Kier alpha value is -1.86. The zero-order valence-electron chi connectivity index (χ0n) is 18.0. The van der Waals surface area contributed by atoms with Crippen LogP contribution in [0.2, 0.25) is 10.0 Å². The molecule has 3 heterocycles. The number of benzene rings is 1. The molecule has 2 amide bonds. The fraction of sp³-hybridized carbons (Fsp3) is 0.500. The topological polar surface area (TPSA) is 74.7 Å². The molecule has 2 aliphatic rings. The number of aromatic nitrogens is 1. The van der Waals surface area contributed by atoms with E-state index in [4.69, 9.17) is 27.9 Å². The Morgan fingerprint density at radius 3 is 2.78 bits per heavy atom. The molecule has 0 radical (unpaired) electrons. The van der Waals surface area contributed by atoms with Crippen LogP contribution < -0.4 is 5.32 Å². The number of aliphatic hydroxyl groups is 1. The van der Waals surface area contributed by atoms with Crippen LogP contribution in [-0.4, -0.2) is 47.4 Å². The van der Waals surface area contributed by atoms with Gasteiger partial charge in [0.25, 0.3) is 0 Å². The number of ether oxygens (including phenoxy) is 1. The molecule has 0 bridgehead atoms. The van der Waals surface area contributed by atoms with Gasteiger partial charge in [0.2, 0.25) is 0 Å². The Morgan fingerprint density at radius 1 is 1.22 bits per heavy atom. The third-order valence-corrected chi connectivity index (χ3v) is 7.08. The number of aliphatic hydroxyl groups excluding tert-OH is 1. The second kappa shape index (κ2) is 10.8. The number of hydrogen-bond acceptors (Lipinski definition) is 4. The average molecular weight is 478 g/mol. The van der Waals surface area contributed by atoms with Gasteiger partial charge in [0.15, 0.2) is 0 Å². The molecule has 32 heavy (non-hydrogen) atoms. The van der Waals surface area contributed by atoms with Gasteiger partial charge >= 0.3 is 6.03 Å². The summed E-state index contributed by atoms with van der Waals surface area (Å²) in [5.41, 5.74) is 4.28. The van der Waals surface area contributed by atoms with E-state index < -0.39 is 0 Å². The molecule has 4 rings (SSSR count). The second-order valence-electron chi connectivity index (χ2n) is 8.56. The van der Waals surface area contributed by atoms with E-state index >= 15 is 0 Å². The summed E-state index contributed by atoms with van der Waals surface area (Å²) in [4.78, 5) is 19.6. The Bertz CT molecular complexity index is 950. The summed E-state index contributed by atoms with van der Waals surface area (Å²) in [6, 6.07) is 6.95. The van der Waals surface area contributed by atoms with Crippen LogP contribution >= 0.6 is 23.2 Å². The lowest BCUT2D eigenvalue weighted by Gasteiger charge is -2.31. The summed E-state index contributed by atoms with van der Waals surface area (Å²) in [6.45, 7) is 2.80. The molecule has 1 atom stereocenters. The van der Waals surface area contributed by atoms with E-state index in [0.29, 0.717) is 35.5 Å². The molecule has 0 spiro atoms. The van der Waals surface area contributed by atoms with E-state index in [1.165, 1.54) is 5.56 Å². The summed E-state index contributed by atoms with van der Waals surface area (Å²) < 4.78 is 5.46. The highest BCUT2D eigenvalue weighted by atomic mass is 35.5. The Morgan fingerprint density at radius 2 is 2.03 bits per heavy atom. The van der Waals surface area contributed by atoms with Crippen molar-refractivity contribution in [1.29, 1.82) is 0 Å². The number of urea groups is 1. The molecule has 1 aromatic carbocycles. The highest BCUT2D eigenvalue weighted by molar-refractivity contribution is 6.42. The summed E-state index contributed by atoms with van der Waals surface area (Å²) in [5, 5.41) is 13.4. The molecule has 2 N–H and O–H groups in total. The third kappa shape index (κ3) is 5.73. The molecule has 8 heteroatoms. The van der Waals surface area contributed by atoms with Crippen molar-refractivity contribution in [1.82, 2.24) is 15.2 Å². The standard InChI is InChI=1S/C24H29Cl2N3O3/c25-21-2-1-17(13-22(21)26)23(4-8-30)28-24(31)29-7-3-18-14-27-20(12-19(18)15-29)11-16-5-9-32-10-6-16/h1-2,12-14,16,23,30H,3-11,15H2,(H,28,31). The second-order valence-corrected chi connectivity index (χ2v) is 9.38. The van der Waals surface area contributed by atoms with Gasteiger partial charge in [-0.1, -0.05) is 29.3 Å². The smallest absolute Gasteiger partial charge is 0.318 e. The number of fused-ring (bicyclic) bond motifs is 1. The van der Waals surface area contributed by atoms with Gasteiger partial charge in [0.1, 0.15) is 0 Å². The van der Waals surface area contributed by atoms with E-state index in [1.54, 1.807) is 12.1 Å². The van der Waals surface area contributed by atoms with Crippen LogP contribution in [0, 0.1) is 5.92 Å². The SMILES string of the molecule is O=C(NC(CCO)c1ccc(Cl)c(Cl)c1)N1CCc2cnc(CC3CCOCC3)cc2C1. The number of pyridine rings is 1. The van der Waals surface area contributed by atoms with Gasteiger partial charge in [-0.3, -0.25) is 4.98 Å². The maximum Gasteiger partial charge on any atom is 0.318 e. The number of hydrogen-bond donors (Lipinski definition) is 2. The Labute approximate surface area is 198 Å². The molecule has 1 fully saturated rings. The van der Waals surface area contributed by atoms with E-state index in [2.05, 4.69) is 16.4 Å². The molecule has 2 aromatic rings. The average Bonchev–Trinajstić information content (AvgIpc) is 2.81. The first-order valence-electron chi connectivity index (χ1n) is 11.2. The largest absolute Gasteiger partial charge is 0.396 e. The molecule has 0 saturated carbocycles. The number of rotatable bonds is 6. The summed E-state index contributed by atoms with van der Waals surface area (Å²) in [5.74, 6) is 0.614. The van der Waals surface area contributed by atoms with Crippen LogP contribution in [-0.2, 0) is 24.1 Å². The normalized spacial score (nSPS) is 17.7. The quantitative estimate of drug-likeness (QED) is 0.639. The summed E-state index contributed by atoms with van der Waals surface area (Å²) in [7, 11) is 0. The minimum atomic E-state index is -0.342. The van der Waals surface area contributed by atoms with Crippen molar-refractivity contribution in [2.75, 3.05) is 26.4 Å². The van der Waals surface area contributed by atoms with Crippen LogP contribution in [0.25, 0.3) is 0 Å². The minimum absolute atomic E-state index is 0.0464. The van der Waals surface area contributed by atoms with Gasteiger partial charge < -0.3 is 20.1 Å². The number of carbonyl (C=O) groups is 1. The van der Waals surface area contributed by atoms with Crippen molar-refractivity contribution in [2.24, 2.45) is 5.92 Å². The van der Waals surface area contributed by atoms with Crippen LogP contribution in [0.4, 0.5) is 4.79 Å². The van der Waals surface area contributed by atoms with Gasteiger partial charge in [0.05, 0.1) is 16.1 Å². The van der Waals surface area contributed by atoms with E-state index in [1.807, 2.05) is 17.2 Å². The highest BCUT2D eigenvalue weighted by Gasteiger charge is 2.25. The Balaban J connectivity index is 1.42. The van der Waals surface area contributed by atoms with Gasteiger partial charge in [-0.25, -0.2) is 4.79 Å². The highest BCUT2D eigenvalue weighted by Crippen LogP contribution is 2.28. The lowest BCUT2D eigenvalue weighted by molar-refractivity contribution is 0.0662. The van der Waals surface area contributed by atoms with Gasteiger partial charge in [-0.2, -0.15) is 0 Å². The third-order valence-electron chi connectivity index (χ3n) is 6.34. The zero-order chi connectivity index (χ0) is 22.5. The summed E-state index contributed by atoms with van der Waals surface area (Å²) in [6.07, 6.45) is 6.27. The maximum absolute atomic E-state index is 13.1. The zero-order valence-corrected chi connectivity index (χ0v) is 19.5. The number of carbonyl (C=O) groups excluding carboxylic acids is 1. The van der Waals surface area contributed by atoms with Crippen molar-refractivity contribution in [3.05, 3.63) is 62.9 Å². The van der Waals surface area contributed by atoms with E-state index in [-0.39, 0.29) is 18.7 Å². The number of halogens is 2. The fourth-order valence-corrected chi connectivity index (χ4v) is 4.75. The first-order chi connectivity index (χ1) is 15.5. The lowest BCUT2D eigenvalue weighted by Crippen LogP contribution is -2.44. The van der Waals surface area contributed by atoms with Crippen molar-refractivity contribution >= 4 is 29.2 Å².